The van der Waals surface area contributed by atoms with E-state index in [4.69, 9.17) is 4.52 Å². The molecule has 2 aromatic rings. The molecule has 0 unspecified atom stereocenters. The summed E-state index contributed by atoms with van der Waals surface area (Å²) in [4.78, 5) is 12.1. The van der Waals surface area contributed by atoms with Gasteiger partial charge in [-0.3, -0.25) is 4.79 Å². The fraction of sp³-hybridized carbons (Fsp3) is 0.333. The molecule has 0 aliphatic heterocycles. The van der Waals surface area contributed by atoms with Gasteiger partial charge in [0.15, 0.2) is 5.69 Å². The molecular weight excluding hydrogens is 240 g/mol. The number of hydrogen-bond donors (Lipinski definition) is 1. The molecule has 0 atom stereocenters. The van der Waals surface area contributed by atoms with Crippen molar-refractivity contribution in [1.29, 1.82) is 0 Å². The highest BCUT2D eigenvalue weighted by atomic mass is 16.5. The molecule has 0 radical (unpaired) electrons. The van der Waals surface area contributed by atoms with E-state index in [0.717, 1.165) is 16.8 Å². The van der Waals surface area contributed by atoms with E-state index in [9.17, 15) is 4.79 Å². The number of benzene rings is 1. The van der Waals surface area contributed by atoms with Crippen LogP contribution in [0.5, 0.6) is 0 Å². The second-order valence-electron chi connectivity index (χ2n) is 4.99. The van der Waals surface area contributed by atoms with Crippen LogP contribution in [0.25, 0.3) is 0 Å². The molecule has 100 valence electrons. The van der Waals surface area contributed by atoms with Crippen molar-refractivity contribution in [2.75, 3.05) is 5.32 Å². The normalized spacial score (nSPS) is 10.8. The molecule has 4 nitrogen and oxygen atoms in total. The molecule has 1 N–H and O–H groups in total. The molecule has 19 heavy (non-hydrogen) atoms. The molecule has 1 aromatic heterocycles. The van der Waals surface area contributed by atoms with E-state index in [2.05, 4.69) is 10.5 Å². The summed E-state index contributed by atoms with van der Waals surface area (Å²) in [5.74, 6) is 0.689. The van der Waals surface area contributed by atoms with E-state index in [-0.39, 0.29) is 11.8 Å². The third kappa shape index (κ3) is 2.84. The summed E-state index contributed by atoms with van der Waals surface area (Å²) in [7, 11) is 0. The van der Waals surface area contributed by atoms with E-state index in [1.807, 2.05) is 45.9 Å². The van der Waals surface area contributed by atoms with Crippen molar-refractivity contribution in [3.05, 3.63) is 46.8 Å². The van der Waals surface area contributed by atoms with Crippen LogP contribution in [0.15, 0.2) is 28.8 Å². The van der Waals surface area contributed by atoms with Crippen LogP contribution in [0.3, 0.4) is 0 Å². The van der Waals surface area contributed by atoms with Gasteiger partial charge in [0, 0.05) is 17.7 Å². The first kappa shape index (κ1) is 13.3. The average Bonchev–Trinajstić information content (AvgIpc) is 2.83. The van der Waals surface area contributed by atoms with Crippen molar-refractivity contribution in [1.82, 2.24) is 5.16 Å². The minimum absolute atomic E-state index is 0.217. The van der Waals surface area contributed by atoms with Gasteiger partial charge >= 0.3 is 0 Å². The molecule has 1 aromatic carbocycles. The topological polar surface area (TPSA) is 55.1 Å². The number of aryl methyl sites for hydroxylation is 2. The lowest BCUT2D eigenvalue weighted by Crippen LogP contribution is -2.14. The minimum Gasteiger partial charge on any atom is -0.360 e. The number of carbonyl (C=O) groups is 1. The third-order valence-electron chi connectivity index (χ3n) is 3.05. The zero-order valence-electron chi connectivity index (χ0n) is 11.7. The Labute approximate surface area is 112 Å². The van der Waals surface area contributed by atoms with Gasteiger partial charge in [-0.05, 0) is 25.0 Å². The van der Waals surface area contributed by atoms with Gasteiger partial charge in [0.1, 0.15) is 5.76 Å². The lowest BCUT2D eigenvalue weighted by Gasteiger charge is -2.09. The van der Waals surface area contributed by atoms with Crippen molar-refractivity contribution < 1.29 is 9.32 Å². The lowest BCUT2D eigenvalue weighted by atomic mass is 10.1. The first-order valence-electron chi connectivity index (χ1n) is 6.33. The van der Waals surface area contributed by atoms with Crippen LogP contribution in [-0.4, -0.2) is 11.1 Å². The zero-order chi connectivity index (χ0) is 14.0. The van der Waals surface area contributed by atoms with E-state index in [0.29, 0.717) is 11.5 Å². The van der Waals surface area contributed by atoms with Crippen molar-refractivity contribution in [2.45, 2.75) is 33.6 Å². The van der Waals surface area contributed by atoms with E-state index in [1.54, 1.807) is 6.07 Å². The molecule has 0 bridgehead atoms. The van der Waals surface area contributed by atoms with Crippen LogP contribution in [0.1, 0.15) is 47.1 Å². The number of rotatable bonds is 3. The molecule has 0 fully saturated rings. The summed E-state index contributed by atoms with van der Waals surface area (Å²) in [5.41, 5.74) is 3.20. The SMILES string of the molecule is Cc1cccc(C)c1NC(=O)c1cc(C(C)C)on1. The van der Waals surface area contributed by atoms with Crippen molar-refractivity contribution in [3.8, 4) is 0 Å². The van der Waals surface area contributed by atoms with Crippen LogP contribution in [-0.2, 0) is 0 Å². The number of amides is 1. The highest BCUT2D eigenvalue weighted by molar-refractivity contribution is 6.03. The maximum Gasteiger partial charge on any atom is 0.277 e. The average molecular weight is 258 g/mol. The second-order valence-corrected chi connectivity index (χ2v) is 4.99. The summed E-state index contributed by atoms with van der Waals surface area (Å²) in [6.45, 7) is 7.91. The minimum atomic E-state index is -0.243. The first-order valence-corrected chi connectivity index (χ1v) is 6.33. The van der Waals surface area contributed by atoms with Gasteiger partial charge < -0.3 is 9.84 Å². The summed E-state index contributed by atoms with van der Waals surface area (Å²) < 4.78 is 5.13. The van der Waals surface area contributed by atoms with Gasteiger partial charge in [-0.25, -0.2) is 0 Å². The molecule has 0 saturated carbocycles. The Bertz CT molecular complexity index is 580. The molecular formula is C15H18N2O2. The molecule has 4 heteroatoms. The fourth-order valence-electron chi connectivity index (χ4n) is 1.86. The Hall–Kier alpha value is -2.10. The quantitative estimate of drug-likeness (QED) is 0.913. The maximum absolute atomic E-state index is 12.1. The molecule has 1 amide bonds. The Kier molecular flexibility index (Phi) is 3.69. The highest BCUT2D eigenvalue weighted by Crippen LogP contribution is 2.21. The Morgan fingerprint density at radius 1 is 1.26 bits per heavy atom. The van der Waals surface area contributed by atoms with Crippen LogP contribution < -0.4 is 5.32 Å². The van der Waals surface area contributed by atoms with Crippen molar-refractivity contribution >= 4 is 11.6 Å². The fourth-order valence-corrected chi connectivity index (χ4v) is 1.86. The number of anilines is 1. The smallest absolute Gasteiger partial charge is 0.277 e. The van der Waals surface area contributed by atoms with Gasteiger partial charge in [-0.2, -0.15) is 0 Å². The maximum atomic E-state index is 12.1. The molecule has 0 aliphatic carbocycles. The molecule has 0 spiro atoms. The molecule has 0 saturated heterocycles. The van der Waals surface area contributed by atoms with Crippen molar-refractivity contribution in [3.63, 3.8) is 0 Å². The highest BCUT2D eigenvalue weighted by Gasteiger charge is 2.15. The number of para-hydroxylation sites is 1. The van der Waals surface area contributed by atoms with Gasteiger partial charge in [-0.1, -0.05) is 37.2 Å². The number of carbonyl (C=O) groups excluding carboxylic acids is 1. The van der Waals surface area contributed by atoms with Crippen LogP contribution in [0.2, 0.25) is 0 Å². The van der Waals surface area contributed by atoms with Gasteiger partial charge in [0.25, 0.3) is 5.91 Å². The Morgan fingerprint density at radius 2 is 1.89 bits per heavy atom. The van der Waals surface area contributed by atoms with E-state index < -0.39 is 0 Å². The standard InChI is InChI=1S/C15H18N2O2/c1-9(2)13-8-12(17-19-13)15(18)16-14-10(3)6-5-7-11(14)4/h5-9H,1-4H3,(H,16,18). The number of nitrogens with zero attached hydrogens (tertiary/aromatic N) is 1. The monoisotopic (exact) mass is 258 g/mol. The Balaban J connectivity index is 2.21. The largest absolute Gasteiger partial charge is 0.360 e. The predicted octanol–water partition coefficient (Wildman–Crippen LogP) is 3.67. The first-order chi connectivity index (χ1) is 8.99. The van der Waals surface area contributed by atoms with Gasteiger partial charge in [-0.15, -0.1) is 0 Å². The summed E-state index contributed by atoms with van der Waals surface area (Å²) in [6, 6.07) is 7.58. The van der Waals surface area contributed by atoms with E-state index >= 15 is 0 Å². The van der Waals surface area contributed by atoms with Gasteiger partial charge in [0.2, 0.25) is 0 Å². The molecule has 1 heterocycles. The lowest BCUT2D eigenvalue weighted by molar-refractivity contribution is 0.101. The molecule has 0 aliphatic rings. The third-order valence-corrected chi connectivity index (χ3v) is 3.05. The Morgan fingerprint density at radius 3 is 2.42 bits per heavy atom. The van der Waals surface area contributed by atoms with Crippen molar-refractivity contribution in [2.24, 2.45) is 0 Å². The summed E-state index contributed by atoms with van der Waals surface area (Å²) in [5, 5.41) is 6.69. The number of hydrogen-bond acceptors (Lipinski definition) is 3. The number of aromatic nitrogens is 1. The van der Waals surface area contributed by atoms with Gasteiger partial charge in [0.05, 0.1) is 0 Å². The van der Waals surface area contributed by atoms with Crippen LogP contribution in [0.4, 0.5) is 5.69 Å². The van der Waals surface area contributed by atoms with Crippen LogP contribution in [0, 0.1) is 13.8 Å². The predicted molar refractivity (Wildman–Crippen MR) is 74.5 cm³/mol. The second kappa shape index (κ2) is 5.26. The summed E-state index contributed by atoms with van der Waals surface area (Å²) in [6.07, 6.45) is 0. The van der Waals surface area contributed by atoms with Crippen LogP contribution >= 0.6 is 0 Å². The number of nitrogens with one attached hydrogen (secondary N) is 1. The zero-order valence-corrected chi connectivity index (χ0v) is 11.7. The molecule has 2 rings (SSSR count). The van der Waals surface area contributed by atoms with E-state index in [1.165, 1.54) is 0 Å². The summed E-state index contributed by atoms with van der Waals surface area (Å²) >= 11 is 0.